The number of thioether (sulfide) groups is 1. The van der Waals surface area contributed by atoms with Gasteiger partial charge in [0.25, 0.3) is 0 Å². The molecule has 0 aliphatic heterocycles. The Labute approximate surface area is 64.5 Å². The summed E-state index contributed by atoms with van der Waals surface area (Å²) < 4.78 is 0. The van der Waals surface area contributed by atoms with E-state index in [9.17, 15) is 0 Å². The number of halogens is 2. The minimum atomic E-state index is 0.575. The van der Waals surface area contributed by atoms with Crippen LogP contribution in [0.2, 0.25) is 0 Å². The Morgan fingerprint density at radius 1 is 1.33 bits per heavy atom. The molecule has 44 valence electrons. The second-order valence-electron chi connectivity index (χ2n) is 0.453. The predicted molar refractivity (Wildman–Crippen MR) is 37.3 cm³/mol. The first-order chi connectivity index (χ1) is 2.83. The molecule has 0 aromatic carbocycles. The molecule has 0 aliphatic rings. The van der Waals surface area contributed by atoms with E-state index in [0.29, 0.717) is 13.9 Å². The van der Waals surface area contributed by atoms with Gasteiger partial charge in [-0.15, -0.1) is 0 Å². The van der Waals surface area contributed by atoms with Crippen LogP contribution in [-0.4, -0.2) is 12.5 Å². The van der Waals surface area contributed by atoms with Crippen LogP contribution < -0.4 is 0 Å². The van der Waals surface area contributed by atoms with Crippen molar-refractivity contribution in [2.24, 2.45) is 0 Å². The second kappa shape index (κ2) is 15.8. The summed E-state index contributed by atoms with van der Waals surface area (Å²) in [6.07, 6.45) is 4.08. The maximum atomic E-state index is 3.11. The van der Waals surface area contributed by atoms with Crippen LogP contribution in [0.3, 0.4) is 0 Å². The molecule has 0 bridgehead atoms. The monoisotopic (exact) mass is 326 g/mol. The molecule has 4 heteroatoms. The van der Waals surface area contributed by atoms with E-state index in [-0.39, 0.29) is 0 Å². The van der Waals surface area contributed by atoms with E-state index in [1.807, 2.05) is 12.5 Å². The van der Waals surface area contributed by atoms with Gasteiger partial charge in [0.15, 0.2) is 0 Å². The molecule has 6 heavy (non-hydrogen) atoms. The normalized spacial score (nSPS) is 6.67. The van der Waals surface area contributed by atoms with Gasteiger partial charge in [-0.25, -0.2) is 0 Å². The minimum absolute atomic E-state index is 0.575. The number of rotatable bonds is 0. The van der Waals surface area contributed by atoms with Gasteiger partial charge in [0.1, 0.15) is 0 Å². The van der Waals surface area contributed by atoms with Crippen molar-refractivity contribution in [3.8, 4) is 0 Å². The molecule has 0 saturated heterocycles. The maximum absolute atomic E-state index is 3.11. The fourth-order valence-electron chi connectivity index (χ4n) is 0. The summed E-state index contributed by atoms with van der Waals surface area (Å²) in [6, 6.07) is 0. The van der Waals surface area contributed by atoms with Crippen molar-refractivity contribution >= 4 is 38.6 Å². The van der Waals surface area contributed by atoms with Crippen LogP contribution in [-0.2, 0) is 13.9 Å². The fraction of sp³-hybridized carbons (Fsp3) is 1.00. The van der Waals surface area contributed by atoms with Crippen molar-refractivity contribution in [2.75, 3.05) is 12.5 Å². The van der Waals surface area contributed by atoms with Crippen LogP contribution in [0.5, 0.6) is 0 Å². The first-order valence-corrected chi connectivity index (χ1v) is 9.80. The molecule has 0 fully saturated rings. The molecule has 0 N–H and O–H groups in total. The Balaban J connectivity index is 0. The van der Waals surface area contributed by atoms with E-state index in [4.69, 9.17) is 0 Å². The molecule has 0 atom stereocenters. The third-order valence-corrected chi connectivity index (χ3v) is 0. The molecule has 0 rings (SSSR count). The van der Waals surface area contributed by atoms with Gasteiger partial charge in [-0.2, -0.15) is 11.8 Å². The van der Waals surface area contributed by atoms with Crippen LogP contribution in [0.1, 0.15) is 0 Å². The van der Waals surface area contributed by atoms with Gasteiger partial charge in [-0.3, -0.25) is 0 Å². The Kier molecular flexibility index (Phi) is 28.5. The summed E-state index contributed by atoms with van der Waals surface area (Å²) in [5.74, 6) is 0. The zero-order chi connectivity index (χ0) is 5.41. The van der Waals surface area contributed by atoms with Crippen molar-refractivity contribution < 1.29 is 13.9 Å². The van der Waals surface area contributed by atoms with Crippen molar-refractivity contribution in [2.45, 2.75) is 0 Å². The van der Waals surface area contributed by atoms with E-state index < -0.39 is 0 Å². The van der Waals surface area contributed by atoms with Gasteiger partial charge in [0, 0.05) is 0 Å². The van der Waals surface area contributed by atoms with E-state index in [1.165, 1.54) is 0 Å². The van der Waals surface area contributed by atoms with Crippen molar-refractivity contribution in [1.82, 2.24) is 0 Å². The standard InChI is InChI=1S/C2H6S.2BrH.Pd/c1-3-2;;;/h1-2H3;2*1H;/q;;;+2/p-2. The molecule has 0 amide bonds. The summed E-state index contributed by atoms with van der Waals surface area (Å²) in [7, 11) is 0. The average Bonchev–Trinajstić information content (AvgIpc) is 1.39. The van der Waals surface area contributed by atoms with Gasteiger partial charge in [-0.05, 0) is 12.5 Å². The Bertz CT molecular complexity index is 13.5. The molecule has 0 nitrogen and oxygen atoms in total. The first-order valence-electron chi connectivity index (χ1n) is 1.06. The number of hydrogen-bond donors (Lipinski definition) is 0. The molecule has 0 aromatic heterocycles. The van der Waals surface area contributed by atoms with Crippen molar-refractivity contribution in [1.29, 1.82) is 0 Å². The molecule has 0 aliphatic carbocycles. The summed E-state index contributed by atoms with van der Waals surface area (Å²) in [6.45, 7) is 0. The molecule has 0 spiro atoms. The first kappa shape index (κ1) is 10.9. The SMILES string of the molecule is CSC.[Br][Pd][Br]. The topological polar surface area (TPSA) is 0 Å². The van der Waals surface area contributed by atoms with Gasteiger partial charge in [0.2, 0.25) is 0 Å². The molecule has 0 heterocycles. The van der Waals surface area contributed by atoms with Gasteiger partial charge >= 0.3 is 40.8 Å². The quantitative estimate of drug-likeness (QED) is 0.616. The Morgan fingerprint density at radius 3 is 1.33 bits per heavy atom. The van der Waals surface area contributed by atoms with Crippen LogP contribution in [0.25, 0.3) is 0 Å². The third-order valence-electron chi connectivity index (χ3n) is 0. The van der Waals surface area contributed by atoms with E-state index in [1.54, 1.807) is 11.8 Å². The summed E-state index contributed by atoms with van der Waals surface area (Å²) in [4.78, 5) is 0. The van der Waals surface area contributed by atoms with E-state index in [2.05, 4.69) is 26.9 Å². The summed E-state index contributed by atoms with van der Waals surface area (Å²) >= 11 is 8.55. The van der Waals surface area contributed by atoms with Crippen molar-refractivity contribution in [3.05, 3.63) is 0 Å². The van der Waals surface area contributed by atoms with E-state index in [0.717, 1.165) is 0 Å². The number of hydrogen-bond acceptors (Lipinski definition) is 1. The zero-order valence-corrected chi connectivity index (χ0v) is 9.02. The summed E-state index contributed by atoms with van der Waals surface area (Å²) in [5, 5.41) is 0. The molecular weight excluding hydrogens is 322 g/mol. The molecular formula is C2H6Br2PdS. The molecule has 0 saturated carbocycles. The fourth-order valence-corrected chi connectivity index (χ4v) is 0. The molecule has 0 aromatic rings. The Morgan fingerprint density at radius 2 is 1.33 bits per heavy atom. The summed E-state index contributed by atoms with van der Waals surface area (Å²) in [5.41, 5.74) is 0. The van der Waals surface area contributed by atoms with Gasteiger partial charge in [0.05, 0.1) is 0 Å². The van der Waals surface area contributed by atoms with Crippen LogP contribution in [0.15, 0.2) is 0 Å². The molecule has 0 unspecified atom stereocenters. The average molecular weight is 328 g/mol. The van der Waals surface area contributed by atoms with Crippen molar-refractivity contribution in [3.63, 3.8) is 0 Å². The van der Waals surface area contributed by atoms with Crippen LogP contribution in [0.4, 0.5) is 0 Å². The zero-order valence-electron chi connectivity index (χ0n) is 3.48. The van der Waals surface area contributed by atoms with Crippen LogP contribution in [0, 0.1) is 0 Å². The predicted octanol–water partition coefficient (Wildman–Crippen LogP) is 2.67. The van der Waals surface area contributed by atoms with Crippen LogP contribution >= 0.6 is 38.6 Å². The van der Waals surface area contributed by atoms with Gasteiger partial charge < -0.3 is 0 Å². The second-order valence-corrected chi connectivity index (χ2v) is 8.44. The van der Waals surface area contributed by atoms with Gasteiger partial charge in [-0.1, -0.05) is 0 Å². The Hall–Kier alpha value is 1.97. The third kappa shape index (κ3) is 38.0. The van der Waals surface area contributed by atoms with E-state index >= 15 is 0 Å². The molecule has 0 radical (unpaired) electrons.